The first kappa shape index (κ1) is 19.2. The standard InChI is InChI=1S/C23H20N6O/c1-16-7-8-18(14-24)11-20(16)19-9-10-25-21(13-19)29-22(27-23(28-29)26-15-30)12-17-5-3-2-4-6-17/h2-11,13,15,22H,12H2,1H3,(H2,26,27,28,30). The molecular weight excluding hydrogens is 376 g/mol. The van der Waals surface area contributed by atoms with Crippen LogP contribution in [0.5, 0.6) is 0 Å². The number of anilines is 1. The Kier molecular flexibility index (Phi) is 5.39. The van der Waals surface area contributed by atoms with Gasteiger partial charge in [0.15, 0.2) is 0 Å². The summed E-state index contributed by atoms with van der Waals surface area (Å²) >= 11 is 0. The Bertz CT molecular complexity index is 1140. The van der Waals surface area contributed by atoms with Crippen molar-refractivity contribution in [2.75, 3.05) is 5.01 Å². The lowest BCUT2D eigenvalue weighted by Crippen LogP contribution is -2.46. The molecule has 7 nitrogen and oxygen atoms in total. The first-order valence-corrected chi connectivity index (χ1v) is 9.53. The van der Waals surface area contributed by atoms with Gasteiger partial charge in [-0.05, 0) is 53.4 Å². The smallest absolute Gasteiger partial charge is 0.219 e. The summed E-state index contributed by atoms with van der Waals surface area (Å²) in [4.78, 5) is 20.0. The van der Waals surface area contributed by atoms with E-state index in [1.54, 1.807) is 6.20 Å². The Balaban J connectivity index is 1.68. The van der Waals surface area contributed by atoms with Crippen LogP contribution in [0.4, 0.5) is 5.82 Å². The van der Waals surface area contributed by atoms with Crippen LogP contribution < -0.4 is 15.8 Å². The van der Waals surface area contributed by atoms with E-state index in [-0.39, 0.29) is 6.17 Å². The number of nitriles is 1. The number of aliphatic imine (C=N–C) groups is 1. The van der Waals surface area contributed by atoms with Gasteiger partial charge in [-0.2, -0.15) is 5.26 Å². The molecule has 2 heterocycles. The van der Waals surface area contributed by atoms with Gasteiger partial charge in [-0.1, -0.05) is 36.4 Å². The number of pyridine rings is 1. The van der Waals surface area contributed by atoms with Crippen LogP contribution in [0.15, 0.2) is 71.9 Å². The van der Waals surface area contributed by atoms with Crippen molar-refractivity contribution < 1.29 is 4.79 Å². The average molecular weight is 396 g/mol. The number of nitrogens with zero attached hydrogens (tertiary/aromatic N) is 4. The number of guanidine groups is 1. The third-order valence-electron chi connectivity index (χ3n) is 4.93. The number of hydrogen-bond acceptors (Lipinski definition) is 6. The molecule has 3 aromatic rings. The summed E-state index contributed by atoms with van der Waals surface area (Å²) in [5.41, 5.74) is 7.85. The van der Waals surface area contributed by atoms with Gasteiger partial charge < -0.3 is 0 Å². The Morgan fingerprint density at radius 2 is 2.03 bits per heavy atom. The predicted molar refractivity (Wildman–Crippen MR) is 115 cm³/mol. The average Bonchev–Trinajstić information content (AvgIpc) is 3.17. The molecule has 148 valence electrons. The van der Waals surface area contributed by atoms with Crippen LogP contribution in [0, 0.1) is 18.3 Å². The van der Waals surface area contributed by atoms with Gasteiger partial charge in [0.25, 0.3) is 0 Å². The molecule has 0 fully saturated rings. The predicted octanol–water partition coefficient (Wildman–Crippen LogP) is 2.92. The van der Waals surface area contributed by atoms with E-state index in [9.17, 15) is 10.1 Å². The number of hydrogen-bond donors (Lipinski definition) is 2. The first-order chi connectivity index (χ1) is 14.7. The topological polar surface area (TPSA) is 93.4 Å². The zero-order chi connectivity index (χ0) is 20.9. The highest BCUT2D eigenvalue weighted by Crippen LogP contribution is 2.28. The highest BCUT2D eigenvalue weighted by atomic mass is 16.1. The second-order valence-corrected chi connectivity index (χ2v) is 6.94. The summed E-state index contributed by atoms with van der Waals surface area (Å²) in [5.74, 6) is 1.04. The third kappa shape index (κ3) is 3.98. The molecule has 2 aromatic carbocycles. The van der Waals surface area contributed by atoms with Crippen LogP contribution >= 0.6 is 0 Å². The van der Waals surface area contributed by atoms with Crippen molar-refractivity contribution in [3.05, 3.63) is 83.6 Å². The molecule has 0 spiro atoms. The van der Waals surface area contributed by atoms with Crippen molar-refractivity contribution in [1.29, 1.82) is 5.26 Å². The summed E-state index contributed by atoms with van der Waals surface area (Å²) < 4.78 is 0. The quantitative estimate of drug-likeness (QED) is 0.647. The summed E-state index contributed by atoms with van der Waals surface area (Å²) in [7, 11) is 0. The fourth-order valence-electron chi connectivity index (χ4n) is 3.44. The van der Waals surface area contributed by atoms with Gasteiger partial charge in [-0.25, -0.2) is 15.0 Å². The molecule has 0 bridgehead atoms. The number of rotatable bonds is 5. The van der Waals surface area contributed by atoms with Crippen molar-refractivity contribution in [2.45, 2.75) is 19.5 Å². The second-order valence-electron chi connectivity index (χ2n) is 6.94. The van der Waals surface area contributed by atoms with E-state index in [0.717, 1.165) is 22.3 Å². The maximum atomic E-state index is 10.9. The Morgan fingerprint density at radius 1 is 1.20 bits per heavy atom. The molecule has 4 rings (SSSR count). The minimum atomic E-state index is -0.274. The second kappa shape index (κ2) is 8.45. The molecule has 0 aliphatic carbocycles. The highest BCUT2D eigenvalue weighted by Gasteiger charge is 2.28. The lowest BCUT2D eigenvalue weighted by molar-refractivity contribution is -0.108. The zero-order valence-electron chi connectivity index (χ0n) is 16.4. The van der Waals surface area contributed by atoms with Crippen molar-refractivity contribution in [2.24, 2.45) is 4.99 Å². The van der Waals surface area contributed by atoms with Gasteiger partial charge in [0, 0.05) is 12.6 Å². The molecule has 1 aliphatic rings. The maximum Gasteiger partial charge on any atom is 0.219 e. The number of hydrazine groups is 1. The van der Waals surface area contributed by atoms with E-state index >= 15 is 0 Å². The van der Waals surface area contributed by atoms with Gasteiger partial charge in [0.2, 0.25) is 12.4 Å². The number of carbonyl (C=O) groups is 1. The molecule has 30 heavy (non-hydrogen) atoms. The molecule has 0 saturated carbocycles. The van der Waals surface area contributed by atoms with E-state index in [1.807, 2.05) is 72.6 Å². The van der Waals surface area contributed by atoms with Crippen LogP contribution in [0.2, 0.25) is 0 Å². The van der Waals surface area contributed by atoms with Gasteiger partial charge in [-0.15, -0.1) is 0 Å². The van der Waals surface area contributed by atoms with Crippen LogP contribution in [0.3, 0.4) is 0 Å². The van der Waals surface area contributed by atoms with E-state index in [1.165, 1.54) is 0 Å². The lowest BCUT2D eigenvalue weighted by atomic mass is 9.99. The summed E-state index contributed by atoms with van der Waals surface area (Å²) in [6, 6.07) is 21.7. The normalized spacial score (nSPS) is 15.1. The van der Waals surface area contributed by atoms with E-state index < -0.39 is 0 Å². The Hall–Kier alpha value is -4.18. The zero-order valence-corrected chi connectivity index (χ0v) is 16.4. The monoisotopic (exact) mass is 396 g/mol. The van der Waals surface area contributed by atoms with Gasteiger partial charge >= 0.3 is 0 Å². The fourth-order valence-corrected chi connectivity index (χ4v) is 3.44. The third-order valence-corrected chi connectivity index (χ3v) is 4.93. The minimum Gasteiger partial charge on any atom is -0.298 e. The first-order valence-electron chi connectivity index (χ1n) is 9.53. The molecule has 0 saturated heterocycles. The molecule has 1 aliphatic heterocycles. The molecule has 1 amide bonds. The van der Waals surface area contributed by atoms with Gasteiger partial charge in [0.1, 0.15) is 12.0 Å². The summed E-state index contributed by atoms with van der Waals surface area (Å²) in [6.07, 6.45) is 2.70. The molecule has 0 radical (unpaired) electrons. The Labute approximate surface area is 174 Å². The molecule has 2 N–H and O–H groups in total. The van der Waals surface area contributed by atoms with Crippen LogP contribution in [-0.4, -0.2) is 23.5 Å². The number of amides is 1. The highest BCUT2D eigenvalue weighted by molar-refractivity contribution is 5.91. The Morgan fingerprint density at radius 3 is 2.80 bits per heavy atom. The fraction of sp³-hybridized carbons (Fsp3) is 0.130. The number of aromatic nitrogens is 1. The number of benzene rings is 2. The van der Waals surface area contributed by atoms with E-state index in [2.05, 4.69) is 26.8 Å². The van der Waals surface area contributed by atoms with Gasteiger partial charge in [0.05, 0.1) is 11.6 Å². The number of nitrogens with one attached hydrogen (secondary N) is 2. The molecule has 1 unspecified atom stereocenters. The van der Waals surface area contributed by atoms with E-state index in [4.69, 9.17) is 0 Å². The van der Waals surface area contributed by atoms with Crippen molar-refractivity contribution >= 4 is 18.2 Å². The summed E-state index contributed by atoms with van der Waals surface area (Å²) in [6.45, 7) is 2.01. The number of carbonyl (C=O) groups excluding carboxylic acids is 1. The van der Waals surface area contributed by atoms with Crippen molar-refractivity contribution in [1.82, 2.24) is 15.7 Å². The SMILES string of the molecule is Cc1ccc(C#N)cc1-c1ccnc(N2NC(NC=O)=NC2Cc2ccccc2)c1. The largest absolute Gasteiger partial charge is 0.298 e. The molecule has 1 atom stereocenters. The minimum absolute atomic E-state index is 0.274. The number of aryl methyl sites for hydroxylation is 1. The van der Waals surface area contributed by atoms with Crippen LogP contribution in [0.25, 0.3) is 11.1 Å². The molecular formula is C23H20N6O. The summed E-state index contributed by atoms with van der Waals surface area (Å²) in [5, 5.41) is 13.7. The lowest BCUT2D eigenvalue weighted by Gasteiger charge is -2.24. The van der Waals surface area contributed by atoms with Gasteiger partial charge in [-0.3, -0.25) is 15.5 Å². The van der Waals surface area contributed by atoms with Crippen molar-refractivity contribution in [3.8, 4) is 17.2 Å². The van der Waals surface area contributed by atoms with E-state index in [0.29, 0.717) is 30.2 Å². The van der Waals surface area contributed by atoms with Crippen LogP contribution in [-0.2, 0) is 11.2 Å². The molecule has 7 heteroatoms. The van der Waals surface area contributed by atoms with Crippen LogP contribution in [0.1, 0.15) is 16.7 Å². The van der Waals surface area contributed by atoms with Crippen molar-refractivity contribution in [3.63, 3.8) is 0 Å². The molecule has 1 aromatic heterocycles. The maximum absolute atomic E-state index is 10.9.